The molecule has 0 aromatic heterocycles. The zero-order valence-corrected chi connectivity index (χ0v) is 19.4. The topological polar surface area (TPSA) is 66.5 Å². The number of nitrogens with zero attached hydrogens (tertiary/aromatic N) is 1. The fraction of sp³-hybridized carbons (Fsp3) is 0.480. The van der Waals surface area contributed by atoms with Gasteiger partial charge in [0.05, 0.1) is 9.64 Å². The number of rotatable bonds is 9. The SMILES string of the molecule is CC(C)(CCCN1CCCC(CNC(=O)c2ccccc2)C1)S(=O)(=O)c1ccccc1. The summed E-state index contributed by atoms with van der Waals surface area (Å²) < 4.78 is 25.2. The van der Waals surface area contributed by atoms with Crippen LogP contribution in [0.2, 0.25) is 0 Å². The highest BCUT2D eigenvalue weighted by molar-refractivity contribution is 7.92. The first-order valence-corrected chi connectivity index (χ1v) is 12.6. The summed E-state index contributed by atoms with van der Waals surface area (Å²) in [7, 11) is -3.36. The van der Waals surface area contributed by atoms with Gasteiger partial charge >= 0.3 is 0 Å². The minimum absolute atomic E-state index is 0.0226. The number of hydrogen-bond donors (Lipinski definition) is 1. The average Bonchev–Trinajstić information content (AvgIpc) is 2.78. The number of likely N-dealkylation sites (tertiary alicyclic amines) is 1. The van der Waals surface area contributed by atoms with Crippen molar-refractivity contribution >= 4 is 15.7 Å². The molecule has 0 saturated carbocycles. The van der Waals surface area contributed by atoms with Crippen LogP contribution < -0.4 is 5.32 Å². The Hall–Kier alpha value is -2.18. The van der Waals surface area contributed by atoms with Gasteiger partial charge in [0.25, 0.3) is 5.91 Å². The highest BCUT2D eigenvalue weighted by Crippen LogP contribution is 2.29. The molecule has 3 rings (SSSR count). The third kappa shape index (κ3) is 6.17. The Kier molecular flexibility index (Phi) is 7.89. The fourth-order valence-electron chi connectivity index (χ4n) is 4.23. The molecule has 1 heterocycles. The summed E-state index contributed by atoms with van der Waals surface area (Å²) in [5.74, 6) is 0.410. The molecule has 1 unspecified atom stereocenters. The highest BCUT2D eigenvalue weighted by atomic mass is 32.2. The summed E-state index contributed by atoms with van der Waals surface area (Å²) in [6.07, 6.45) is 3.68. The second-order valence-electron chi connectivity index (χ2n) is 9.06. The van der Waals surface area contributed by atoms with Crippen LogP contribution in [0.4, 0.5) is 0 Å². The second kappa shape index (κ2) is 10.4. The molecule has 2 aromatic carbocycles. The van der Waals surface area contributed by atoms with E-state index in [-0.39, 0.29) is 5.91 Å². The van der Waals surface area contributed by atoms with Crippen LogP contribution in [0.25, 0.3) is 0 Å². The van der Waals surface area contributed by atoms with Gasteiger partial charge in [0.1, 0.15) is 0 Å². The van der Waals surface area contributed by atoms with Crippen LogP contribution in [0.5, 0.6) is 0 Å². The minimum Gasteiger partial charge on any atom is -0.352 e. The van der Waals surface area contributed by atoms with Crippen LogP contribution in [-0.4, -0.2) is 50.2 Å². The van der Waals surface area contributed by atoms with E-state index in [4.69, 9.17) is 0 Å². The van der Waals surface area contributed by atoms with Gasteiger partial charge in [-0.05, 0) is 82.8 Å². The third-order valence-electron chi connectivity index (χ3n) is 6.22. The number of nitrogens with one attached hydrogen (secondary N) is 1. The van der Waals surface area contributed by atoms with Crippen LogP contribution in [0.3, 0.4) is 0 Å². The van der Waals surface area contributed by atoms with E-state index in [0.29, 0.717) is 29.3 Å². The summed E-state index contributed by atoms with van der Waals surface area (Å²) >= 11 is 0. The number of sulfone groups is 1. The molecule has 1 aliphatic heterocycles. The van der Waals surface area contributed by atoms with Gasteiger partial charge in [-0.15, -0.1) is 0 Å². The molecule has 1 N–H and O–H groups in total. The number of amides is 1. The van der Waals surface area contributed by atoms with Crippen molar-refractivity contribution in [2.75, 3.05) is 26.2 Å². The van der Waals surface area contributed by atoms with E-state index in [0.717, 1.165) is 38.9 Å². The Labute approximate surface area is 186 Å². The zero-order valence-electron chi connectivity index (χ0n) is 18.6. The van der Waals surface area contributed by atoms with Crippen LogP contribution in [0.15, 0.2) is 65.6 Å². The van der Waals surface area contributed by atoms with E-state index in [1.807, 2.05) is 50.2 Å². The van der Waals surface area contributed by atoms with E-state index < -0.39 is 14.6 Å². The summed E-state index contributed by atoms with van der Waals surface area (Å²) in [4.78, 5) is 15.1. The van der Waals surface area contributed by atoms with Crippen LogP contribution >= 0.6 is 0 Å². The molecule has 5 nitrogen and oxygen atoms in total. The van der Waals surface area contributed by atoms with E-state index in [1.165, 1.54) is 0 Å². The highest BCUT2D eigenvalue weighted by Gasteiger charge is 2.35. The molecular formula is C25H34N2O3S. The predicted octanol–water partition coefficient (Wildman–Crippen LogP) is 4.16. The van der Waals surface area contributed by atoms with Crippen molar-refractivity contribution in [2.24, 2.45) is 5.92 Å². The van der Waals surface area contributed by atoms with Gasteiger partial charge in [-0.3, -0.25) is 4.79 Å². The predicted molar refractivity (Wildman–Crippen MR) is 125 cm³/mol. The monoisotopic (exact) mass is 442 g/mol. The molecule has 168 valence electrons. The largest absolute Gasteiger partial charge is 0.352 e. The van der Waals surface area contributed by atoms with Gasteiger partial charge < -0.3 is 10.2 Å². The molecule has 0 bridgehead atoms. The van der Waals surface area contributed by atoms with Gasteiger partial charge in [-0.25, -0.2) is 8.42 Å². The lowest BCUT2D eigenvalue weighted by atomic mass is 9.97. The molecule has 0 spiro atoms. The quantitative estimate of drug-likeness (QED) is 0.633. The Bertz CT molecular complexity index is 943. The van der Waals surface area contributed by atoms with Crippen molar-refractivity contribution in [2.45, 2.75) is 49.2 Å². The van der Waals surface area contributed by atoms with Crippen molar-refractivity contribution in [1.82, 2.24) is 10.2 Å². The average molecular weight is 443 g/mol. The Balaban J connectivity index is 1.46. The van der Waals surface area contributed by atoms with E-state index in [1.54, 1.807) is 24.3 Å². The Morgan fingerprint density at radius 2 is 1.71 bits per heavy atom. The molecule has 0 aliphatic carbocycles. The van der Waals surface area contributed by atoms with Crippen LogP contribution in [-0.2, 0) is 9.84 Å². The Morgan fingerprint density at radius 1 is 1.06 bits per heavy atom. The third-order valence-corrected chi connectivity index (χ3v) is 8.78. The standard InChI is InChI=1S/C25H34N2O3S/c1-25(2,31(29,30)23-14-7-4-8-15-23)16-10-18-27-17-9-11-21(20-27)19-26-24(28)22-12-5-3-6-13-22/h3-8,12-15,21H,9-11,16-20H2,1-2H3,(H,26,28). The Morgan fingerprint density at radius 3 is 2.39 bits per heavy atom. The normalized spacial score (nSPS) is 17.9. The van der Waals surface area contributed by atoms with Crippen LogP contribution in [0, 0.1) is 5.92 Å². The molecule has 1 saturated heterocycles. The first-order chi connectivity index (χ1) is 14.8. The maximum Gasteiger partial charge on any atom is 0.251 e. The molecule has 1 amide bonds. The van der Waals surface area contributed by atoms with Crippen molar-refractivity contribution in [3.8, 4) is 0 Å². The van der Waals surface area contributed by atoms with E-state index in [2.05, 4.69) is 10.2 Å². The second-order valence-corrected chi connectivity index (χ2v) is 11.6. The lowest BCUT2D eigenvalue weighted by Crippen LogP contribution is -2.41. The molecule has 1 aliphatic rings. The number of benzene rings is 2. The molecular weight excluding hydrogens is 408 g/mol. The maximum atomic E-state index is 13.0. The van der Waals surface area contributed by atoms with Gasteiger partial charge in [0, 0.05) is 18.7 Å². The summed E-state index contributed by atoms with van der Waals surface area (Å²) in [5, 5.41) is 3.06. The van der Waals surface area contributed by atoms with Gasteiger partial charge in [-0.1, -0.05) is 36.4 Å². The molecule has 2 aromatic rings. The first kappa shape index (κ1) is 23.5. The molecule has 0 radical (unpaired) electrons. The smallest absolute Gasteiger partial charge is 0.251 e. The van der Waals surface area contributed by atoms with Crippen molar-refractivity contribution in [3.63, 3.8) is 0 Å². The van der Waals surface area contributed by atoms with E-state index >= 15 is 0 Å². The van der Waals surface area contributed by atoms with Crippen molar-refractivity contribution < 1.29 is 13.2 Å². The molecule has 1 atom stereocenters. The number of piperidine rings is 1. The molecule has 1 fully saturated rings. The molecule has 6 heteroatoms. The summed E-state index contributed by atoms with van der Waals surface area (Å²) in [6, 6.07) is 18.0. The zero-order chi connectivity index (χ0) is 22.3. The lowest BCUT2D eigenvalue weighted by molar-refractivity contribution is 0.0932. The van der Waals surface area contributed by atoms with Crippen LogP contribution in [0.1, 0.15) is 49.9 Å². The van der Waals surface area contributed by atoms with Gasteiger partial charge in [-0.2, -0.15) is 0 Å². The maximum absolute atomic E-state index is 13.0. The summed E-state index contributed by atoms with van der Waals surface area (Å²) in [6.45, 7) is 7.20. The van der Waals surface area contributed by atoms with Gasteiger partial charge in [0.15, 0.2) is 9.84 Å². The van der Waals surface area contributed by atoms with Crippen molar-refractivity contribution in [3.05, 3.63) is 66.2 Å². The number of carbonyl (C=O) groups is 1. The molecule has 31 heavy (non-hydrogen) atoms. The fourth-order valence-corrected chi connectivity index (χ4v) is 5.80. The lowest BCUT2D eigenvalue weighted by Gasteiger charge is -2.33. The van der Waals surface area contributed by atoms with Crippen molar-refractivity contribution in [1.29, 1.82) is 0 Å². The minimum atomic E-state index is -3.36. The first-order valence-electron chi connectivity index (χ1n) is 11.1. The number of hydrogen-bond acceptors (Lipinski definition) is 4. The van der Waals surface area contributed by atoms with E-state index in [9.17, 15) is 13.2 Å². The van der Waals surface area contributed by atoms with Gasteiger partial charge in [0.2, 0.25) is 0 Å². The number of carbonyl (C=O) groups excluding carboxylic acids is 1. The summed E-state index contributed by atoms with van der Waals surface area (Å²) in [5.41, 5.74) is 0.692.